The molecule has 11 nitrogen and oxygen atoms in total. The van der Waals surface area contributed by atoms with Crippen molar-refractivity contribution in [1.82, 2.24) is 30.8 Å². The van der Waals surface area contributed by atoms with Gasteiger partial charge in [-0.3, -0.25) is 4.55 Å². The average Bonchev–Trinajstić information content (AvgIpc) is 2.76. The topological polar surface area (TPSA) is 156 Å². The van der Waals surface area contributed by atoms with Crippen molar-refractivity contribution >= 4 is 33.1 Å². The summed E-state index contributed by atoms with van der Waals surface area (Å²) in [6.45, 7) is 0. The fourth-order valence-electron chi connectivity index (χ4n) is 2.81. The van der Waals surface area contributed by atoms with Crippen molar-refractivity contribution in [2.75, 3.05) is 10.6 Å². The predicted molar refractivity (Wildman–Crippen MR) is 108 cm³/mol. The van der Waals surface area contributed by atoms with E-state index in [4.69, 9.17) is 0 Å². The Morgan fingerprint density at radius 2 is 1.40 bits per heavy atom. The summed E-state index contributed by atoms with van der Waals surface area (Å²) in [5.41, 5.74) is 1.26. The molecule has 0 atom stereocenters. The molecule has 4 rings (SSSR count). The van der Waals surface area contributed by atoms with E-state index in [1.165, 1.54) is 18.5 Å². The van der Waals surface area contributed by atoms with Crippen LogP contribution in [0.4, 0.5) is 23.0 Å². The molecule has 0 aliphatic heterocycles. The second-order valence-electron chi connectivity index (χ2n) is 5.97. The van der Waals surface area contributed by atoms with Gasteiger partial charge in [0.1, 0.15) is 4.90 Å². The Labute approximate surface area is 171 Å². The SMILES string of the molecule is O=S(=O)(O)c1c(-c2ccccc2)ccc(Nc2ccnnn2)c1Nc1ccnnn1. The molecule has 3 N–H and O–H groups in total. The molecule has 0 bridgehead atoms. The molecular formula is C18H14N8O3S. The highest BCUT2D eigenvalue weighted by Crippen LogP contribution is 2.40. The molecule has 0 fully saturated rings. The zero-order valence-corrected chi connectivity index (χ0v) is 16.0. The van der Waals surface area contributed by atoms with E-state index in [1.807, 2.05) is 0 Å². The van der Waals surface area contributed by atoms with Crippen LogP contribution in [0.5, 0.6) is 0 Å². The van der Waals surface area contributed by atoms with Crippen LogP contribution in [0.25, 0.3) is 11.1 Å². The van der Waals surface area contributed by atoms with Gasteiger partial charge in [0, 0.05) is 17.7 Å². The molecule has 2 heterocycles. The first-order valence-electron chi connectivity index (χ1n) is 8.55. The third-order valence-corrected chi connectivity index (χ3v) is 4.96. The molecule has 0 amide bonds. The van der Waals surface area contributed by atoms with E-state index in [0.717, 1.165) is 0 Å². The summed E-state index contributed by atoms with van der Waals surface area (Å²) in [5.74, 6) is 0.548. The number of hydrogen-bond donors (Lipinski definition) is 3. The van der Waals surface area contributed by atoms with Gasteiger partial charge in [-0.25, -0.2) is 0 Å². The van der Waals surface area contributed by atoms with Crippen LogP contribution >= 0.6 is 0 Å². The van der Waals surface area contributed by atoms with Gasteiger partial charge in [-0.2, -0.15) is 8.42 Å². The van der Waals surface area contributed by atoms with Crippen LogP contribution in [0.2, 0.25) is 0 Å². The zero-order valence-electron chi connectivity index (χ0n) is 15.2. The van der Waals surface area contributed by atoms with Gasteiger partial charge in [0.25, 0.3) is 10.1 Å². The molecule has 12 heteroatoms. The van der Waals surface area contributed by atoms with Crippen LogP contribution in [0, 0.1) is 0 Å². The average molecular weight is 422 g/mol. The molecule has 150 valence electrons. The fraction of sp³-hybridized carbons (Fsp3) is 0. The van der Waals surface area contributed by atoms with Crippen molar-refractivity contribution in [3.05, 3.63) is 67.0 Å². The summed E-state index contributed by atoms with van der Waals surface area (Å²) in [4.78, 5) is -0.334. The van der Waals surface area contributed by atoms with Crippen molar-refractivity contribution in [1.29, 1.82) is 0 Å². The number of anilines is 4. The number of nitrogens with zero attached hydrogens (tertiary/aromatic N) is 6. The van der Waals surface area contributed by atoms with E-state index in [-0.39, 0.29) is 16.4 Å². The van der Waals surface area contributed by atoms with Gasteiger partial charge in [-0.05, 0) is 22.1 Å². The van der Waals surface area contributed by atoms with Crippen molar-refractivity contribution in [3.63, 3.8) is 0 Å². The van der Waals surface area contributed by atoms with Crippen molar-refractivity contribution in [2.24, 2.45) is 0 Å². The second-order valence-corrected chi connectivity index (χ2v) is 7.33. The van der Waals surface area contributed by atoms with Crippen molar-refractivity contribution in [3.8, 4) is 11.1 Å². The van der Waals surface area contributed by atoms with E-state index in [9.17, 15) is 13.0 Å². The highest BCUT2D eigenvalue weighted by Gasteiger charge is 2.25. The second kappa shape index (κ2) is 8.14. The van der Waals surface area contributed by atoms with Crippen LogP contribution in [-0.4, -0.2) is 43.8 Å². The molecule has 4 aromatic rings. The van der Waals surface area contributed by atoms with Crippen LogP contribution < -0.4 is 10.6 Å². The summed E-state index contributed by atoms with van der Waals surface area (Å²) in [6, 6.07) is 15.1. The van der Waals surface area contributed by atoms with Crippen LogP contribution in [0.3, 0.4) is 0 Å². The summed E-state index contributed by atoms with van der Waals surface area (Å²) in [7, 11) is -4.66. The predicted octanol–water partition coefficient (Wildman–Crippen LogP) is 2.46. The largest absolute Gasteiger partial charge is 0.337 e. The lowest BCUT2D eigenvalue weighted by molar-refractivity contribution is 0.484. The van der Waals surface area contributed by atoms with E-state index in [0.29, 0.717) is 22.6 Å². The van der Waals surface area contributed by atoms with Gasteiger partial charge in [-0.1, -0.05) is 36.4 Å². The number of aromatic nitrogens is 6. The molecular weight excluding hydrogens is 408 g/mol. The van der Waals surface area contributed by atoms with E-state index in [2.05, 4.69) is 41.5 Å². The third-order valence-electron chi connectivity index (χ3n) is 4.02. The Morgan fingerprint density at radius 3 is 1.97 bits per heavy atom. The number of benzene rings is 2. The summed E-state index contributed by atoms with van der Waals surface area (Å²) in [5, 5.41) is 27.9. The molecule has 0 saturated heterocycles. The van der Waals surface area contributed by atoms with Crippen LogP contribution in [0.1, 0.15) is 0 Å². The minimum absolute atomic E-state index is 0.0537. The van der Waals surface area contributed by atoms with Crippen molar-refractivity contribution in [2.45, 2.75) is 4.90 Å². The molecule has 30 heavy (non-hydrogen) atoms. The normalized spacial score (nSPS) is 11.1. The lowest BCUT2D eigenvalue weighted by Crippen LogP contribution is -2.10. The maximum atomic E-state index is 12.4. The van der Waals surface area contributed by atoms with Crippen molar-refractivity contribution < 1.29 is 13.0 Å². The zero-order chi connectivity index (χ0) is 21.0. The number of nitrogens with one attached hydrogen (secondary N) is 2. The maximum absolute atomic E-state index is 12.4. The van der Waals surface area contributed by atoms with Gasteiger partial charge < -0.3 is 10.6 Å². The Hall–Kier alpha value is -4.03. The number of rotatable bonds is 6. The monoisotopic (exact) mass is 422 g/mol. The minimum atomic E-state index is -4.66. The van der Waals surface area contributed by atoms with Gasteiger partial charge in [0.15, 0.2) is 11.6 Å². The first-order valence-corrected chi connectivity index (χ1v) is 9.99. The lowest BCUT2D eigenvalue weighted by Gasteiger charge is -2.18. The molecule has 0 unspecified atom stereocenters. The standard InChI is InChI=1S/C18H14N8O3S/c27-30(28,29)18-13(12-4-2-1-3-5-12)6-7-14(21-15-8-10-19-25-23-15)17(18)22-16-9-11-20-26-24-16/h1-11H,(H,19,21,23)(H,20,22,24)(H,27,28,29). The Morgan fingerprint density at radius 1 is 0.767 bits per heavy atom. The molecule has 0 radical (unpaired) electrons. The van der Waals surface area contributed by atoms with Crippen LogP contribution in [0.15, 0.2) is 71.9 Å². The molecule has 0 spiro atoms. The highest BCUT2D eigenvalue weighted by molar-refractivity contribution is 7.86. The summed E-state index contributed by atoms with van der Waals surface area (Å²) >= 11 is 0. The molecule has 2 aromatic carbocycles. The molecule has 0 aliphatic rings. The Balaban J connectivity index is 1.94. The van der Waals surface area contributed by atoms with Gasteiger partial charge in [-0.15, -0.1) is 20.4 Å². The first kappa shape index (κ1) is 19.3. The fourth-order valence-corrected chi connectivity index (χ4v) is 3.69. The number of hydrogen-bond acceptors (Lipinski definition) is 10. The molecule has 2 aromatic heterocycles. The smallest absolute Gasteiger partial charge is 0.297 e. The minimum Gasteiger partial charge on any atom is -0.337 e. The van der Waals surface area contributed by atoms with E-state index in [1.54, 1.807) is 48.5 Å². The van der Waals surface area contributed by atoms with Gasteiger partial charge in [0.05, 0.1) is 23.8 Å². The van der Waals surface area contributed by atoms with Gasteiger partial charge in [0.2, 0.25) is 0 Å². The highest BCUT2D eigenvalue weighted by atomic mass is 32.2. The van der Waals surface area contributed by atoms with E-state index < -0.39 is 10.1 Å². The van der Waals surface area contributed by atoms with E-state index >= 15 is 0 Å². The third kappa shape index (κ3) is 4.19. The molecule has 0 saturated carbocycles. The quantitative estimate of drug-likeness (QED) is 0.392. The maximum Gasteiger partial charge on any atom is 0.297 e. The Kier molecular flexibility index (Phi) is 5.24. The lowest BCUT2D eigenvalue weighted by atomic mass is 10.0. The Bertz CT molecular complexity index is 1260. The van der Waals surface area contributed by atoms with Crippen LogP contribution in [-0.2, 0) is 10.1 Å². The molecule has 0 aliphatic carbocycles. The first-order chi connectivity index (χ1) is 14.5. The van der Waals surface area contributed by atoms with Gasteiger partial charge >= 0.3 is 0 Å². The summed E-state index contributed by atoms with van der Waals surface area (Å²) in [6.07, 6.45) is 2.82. The summed E-state index contributed by atoms with van der Waals surface area (Å²) < 4.78 is 35.0.